The lowest BCUT2D eigenvalue weighted by Crippen LogP contribution is -2.37. The molecule has 0 aliphatic heterocycles. The highest BCUT2D eigenvalue weighted by atomic mass is 32.2. The third kappa shape index (κ3) is 5.86. The minimum atomic E-state index is -4.58. The van der Waals surface area contributed by atoms with Gasteiger partial charge in [-0.1, -0.05) is 86.1 Å². The van der Waals surface area contributed by atoms with Crippen LogP contribution < -0.4 is 10.0 Å². The lowest BCUT2D eigenvalue weighted by atomic mass is 9.84. The van der Waals surface area contributed by atoms with Gasteiger partial charge in [-0.05, 0) is 64.4 Å². The van der Waals surface area contributed by atoms with Gasteiger partial charge in [-0.15, -0.1) is 0 Å². The van der Waals surface area contributed by atoms with E-state index in [1.165, 1.54) is 12.1 Å². The van der Waals surface area contributed by atoms with Gasteiger partial charge in [0, 0.05) is 5.56 Å². The minimum Gasteiger partial charge on any atom is -0.346 e. The number of alkyl halides is 3. The van der Waals surface area contributed by atoms with E-state index in [1.807, 2.05) is 37.3 Å². The highest BCUT2D eigenvalue weighted by Crippen LogP contribution is 2.53. The van der Waals surface area contributed by atoms with E-state index in [2.05, 4.69) is 10.0 Å². The highest BCUT2D eigenvalue weighted by molar-refractivity contribution is 7.92. The van der Waals surface area contributed by atoms with Gasteiger partial charge >= 0.3 is 6.18 Å². The van der Waals surface area contributed by atoms with Crippen LogP contribution in [0.3, 0.4) is 0 Å². The van der Waals surface area contributed by atoms with Crippen molar-refractivity contribution in [2.24, 2.45) is 0 Å². The number of hydrogen-bond donors (Lipinski definition) is 2. The quantitative estimate of drug-likeness (QED) is 0.219. The van der Waals surface area contributed by atoms with Crippen LogP contribution in [0.1, 0.15) is 42.4 Å². The Bertz CT molecular complexity index is 1670. The molecule has 1 unspecified atom stereocenters. The molecule has 5 nitrogen and oxygen atoms in total. The van der Waals surface area contributed by atoms with E-state index in [9.17, 15) is 26.4 Å². The van der Waals surface area contributed by atoms with Crippen LogP contribution in [-0.4, -0.2) is 27.0 Å². The van der Waals surface area contributed by atoms with Gasteiger partial charge in [-0.3, -0.25) is 9.52 Å². The first-order chi connectivity index (χ1) is 19.6. The molecule has 0 spiro atoms. The van der Waals surface area contributed by atoms with E-state index in [0.717, 1.165) is 29.5 Å². The Morgan fingerprint density at radius 2 is 1.51 bits per heavy atom. The molecule has 1 amide bonds. The molecule has 4 aromatic rings. The van der Waals surface area contributed by atoms with Crippen molar-refractivity contribution in [3.63, 3.8) is 0 Å². The average Bonchev–Trinajstić information content (AvgIpc) is 3.31. The normalized spacial score (nSPS) is 14.3. The van der Waals surface area contributed by atoms with Crippen molar-refractivity contribution in [3.05, 3.63) is 108 Å². The third-order valence-electron chi connectivity index (χ3n) is 7.20. The van der Waals surface area contributed by atoms with Crippen molar-refractivity contribution < 1.29 is 26.4 Å². The Morgan fingerprint density at radius 3 is 2.17 bits per heavy atom. The molecule has 1 atom stereocenters. The number of halogens is 3. The lowest BCUT2D eigenvalue weighted by molar-refractivity contribution is -0.138. The Hall–Kier alpha value is -4.11. The summed E-state index contributed by atoms with van der Waals surface area (Å²) in [5.41, 5.74) is 4.81. The number of hydrogen-bond acceptors (Lipinski definition) is 3. The molecule has 5 rings (SSSR count). The fourth-order valence-electron chi connectivity index (χ4n) is 5.43. The van der Waals surface area contributed by atoms with E-state index in [4.69, 9.17) is 0 Å². The van der Waals surface area contributed by atoms with Crippen LogP contribution in [0.5, 0.6) is 0 Å². The van der Waals surface area contributed by atoms with Crippen LogP contribution in [0.15, 0.2) is 95.9 Å². The zero-order valence-electron chi connectivity index (χ0n) is 22.3. The first-order valence-corrected chi connectivity index (χ1v) is 14.9. The highest BCUT2D eigenvalue weighted by Gasteiger charge is 2.40. The number of carbonyl (C=O) groups excluding carboxylic acids is 1. The van der Waals surface area contributed by atoms with Crippen molar-refractivity contribution in [2.75, 3.05) is 11.3 Å². The second-order valence-corrected chi connectivity index (χ2v) is 11.7. The van der Waals surface area contributed by atoms with Crippen LogP contribution in [0.25, 0.3) is 22.3 Å². The predicted molar refractivity (Wildman–Crippen MR) is 154 cm³/mol. The van der Waals surface area contributed by atoms with E-state index >= 15 is 0 Å². The number of unbranched alkanes of at least 4 members (excludes halogenated alkanes) is 1. The topological polar surface area (TPSA) is 75.3 Å². The Labute approximate surface area is 237 Å². The van der Waals surface area contributed by atoms with Crippen molar-refractivity contribution in [2.45, 2.75) is 43.2 Å². The van der Waals surface area contributed by atoms with Gasteiger partial charge in [-0.25, -0.2) is 8.42 Å². The molecule has 0 saturated carbocycles. The number of rotatable bonds is 9. The largest absolute Gasteiger partial charge is 0.405 e. The van der Waals surface area contributed by atoms with Gasteiger partial charge in [0.25, 0.3) is 10.0 Å². The zero-order valence-corrected chi connectivity index (χ0v) is 23.1. The number of fused-ring (bicyclic) bond motifs is 3. The summed E-state index contributed by atoms with van der Waals surface area (Å²) < 4.78 is 69.2. The fourth-order valence-corrected chi connectivity index (χ4v) is 6.51. The molecule has 9 heteroatoms. The smallest absolute Gasteiger partial charge is 0.346 e. The Balaban J connectivity index is 1.79. The van der Waals surface area contributed by atoms with Crippen molar-refractivity contribution >= 4 is 21.6 Å². The number of sulfonamides is 1. The maximum atomic E-state index is 13.6. The van der Waals surface area contributed by atoms with Crippen LogP contribution in [0.4, 0.5) is 18.9 Å². The zero-order chi connectivity index (χ0) is 29.2. The molecule has 212 valence electrons. The van der Waals surface area contributed by atoms with Crippen LogP contribution in [0, 0.1) is 0 Å². The SMILES string of the molecule is CCCCc1c(-c2ccccc2)cc(NS(=O)(=O)c2ccccc2)c2c1C(C(=O)NCC(F)(F)F)c1ccccc1-2. The van der Waals surface area contributed by atoms with E-state index < -0.39 is 34.6 Å². The van der Waals surface area contributed by atoms with Gasteiger partial charge in [0.2, 0.25) is 5.91 Å². The lowest BCUT2D eigenvalue weighted by Gasteiger charge is -2.23. The molecule has 41 heavy (non-hydrogen) atoms. The first-order valence-electron chi connectivity index (χ1n) is 13.4. The summed E-state index contributed by atoms with van der Waals surface area (Å²) in [5.74, 6) is -1.83. The monoisotopic (exact) mass is 578 g/mol. The summed E-state index contributed by atoms with van der Waals surface area (Å²) in [6.45, 7) is 0.572. The third-order valence-corrected chi connectivity index (χ3v) is 8.58. The maximum Gasteiger partial charge on any atom is 0.405 e. The molecule has 1 aliphatic carbocycles. The second-order valence-electron chi connectivity index (χ2n) is 9.98. The Morgan fingerprint density at radius 1 is 0.878 bits per heavy atom. The number of nitrogens with one attached hydrogen (secondary N) is 2. The average molecular weight is 579 g/mol. The van der Waals surface area contributed by atoms with Gasteiger partial charge < -0.3 is 5.32 Å². The number of anilines is 1. The standard InChI is InChI=1S/C32H29F3N2O3S/c1-2-3-16-25-26(21-12-6-4-7-13-21)19-27(37-41(39,40)22-14-8-5-9-15-22)28-23-17-10-11-18-24(23)30(29(25)28)31(38)36-20-32(33,34)35/h4-15,17-19,30,37H,2-3,16,20H2,1H3,(H,36,38). The van der Waals surface area contributed by atoms with Gasteiger partial charge in [-0.2, -0.15) is 13.2 Å². The first kappa shape index (κ1) is 28.4. The molecule has 0 bridgehead atoms. The van der Waals surface area contributed by atoms with Gasteiger partial charge in [0.1, 0.15) is 6.54 Å². The number of carbonyl (C=O) groups is 1. The molecule has 2 N–H and O–H groups in total. The van der Waals surface area contributed by atoms with Crippen LogP contribution in [-0.2, 0) is 21.2 Å². The van der Waals surface area contributed by atoms with Gasteiger partial charge in [0.15, 0.2) is 0 Å². The predicted octanol–water partition coefficient (Wildman–Crippen LogP) is 7.29. The molecule has 0 aromatic heterocycles. The fraction of sp³-hybridized carbons (Fsp3) is 0.219. The van der Waals surface area contributed by atoms with E-state index in [0.29, 0.717) is 28.7 Å². The summed E-state index contributed by atoms with van der Waals surface area (Å²) in [7, 11) is -4.03. The van der Waals surface area contributed by atoms with Crippen LogP contribution >= 0.6 is 0 Å². The number of amides is 1. The van der Waals surface area contributed by atoms with Crippen molar-refractivity contribution in [1.82, 2.24) is 5.32 Å². The molecule has 0 heterocycles. The molecular weight excluding hydrogens is 549 g/mol. The Kier molecular flexibility index (Phi) is 7.91. The summed E-state index contributed by atoms with van der Waals surface area (Å²) >= 11 is 0. The molecule has 1 aliphatic rings. The van der Waals surface area contributed by atoms with Gasteiger partial charge in [0.05, 0.1) is 16.5 Å². The molecule has 0 radical (unpaired) electrons. The second kappa shape index (κ2) is 11.4. The summed E-state index contributed by atoms with van der Waals surface area (Å²) in [5, 5.41) is 2.08. The van der Waals surface area contributed by atoms with Crippen molar-refractivity contribution in [3.8, 4) is 22.3 Å². The molecule has 0 fully saturated rings. The van der Waals surface area contributed by atoms with E-state index in [-0.39, 0.29) is 10.6 Å². The minimum absolute atomic E-state index is 0.0656. The molecular formula is C32H29F3N2O3S. The van der Waals surface area contributed by atoms with Crippen molar-refractivity contribution in [1.29, 1.82) is 0 Å². The van der Waals surface area contributed by atoms with E-state index in [1.54, 1.807) is 48.5 Å². The molecule has 4 aromatic carbocycles. The summed E-state index contributed by atoms with van der Waals surface area (Å²) in [6, 6.07) is 26.1. The number of benzene rings is 4. The molecule has 0 saturated heterocycles. The summed E-state index contributed by atoms with van der Waals surface area (Å²) in [6.07, 6.45) is -2.40. The summed E-state index contributed by atoms with van der Waals surface area (Å²) in [4.78, 5) is 13.6. The maximum absolute atomic E-state index is 13.6. The van der Waals surface area contributed by atoms with Crippen LogP contribution in [0.2, 0.25) is 0 Å².